The van der Waals surface area contributed by atoms with Crippen molar-refractivity contribution >= 4 is 11.5 Å². The van der Waals surface area contributed by atoms with Crippen LogP contribution in [0.15, 0.2) is 63.9 Å². The fraction of sp³-hybridized carbons (Fsp3) is 0.111. The fourth-order valence-corrected chi connectivity index (χ4v) is 3.22. The number of fused-ring (bicyclic) bond motifs is 2. The molecule has 4 rings (SSSR count). The number of dihydropyridines is 1. The topological polar surface area (TPSA) is 66.0 Å². The summed E-state index contributed by atoms with van der Waals surface area (Å²) >= 11 is 0. The van der Waals surface area contributed by atoms with Crippen LogP contribution in [0.5, 0.6) is 0 Å². The van der Waals surface area contributed by atoms with Crippen LogP contribution >= 0.6 is 0 Å². The Morgan fingerprint density at radius 2 is 1.95 bits per heavy atom. The van der Waals surface area contributed by atoms with Crippen LogP contribution in [0.25, 0.3) is 5.70 Å². The molecule has 0 radical (unpaired) electrons. The summed E-state index contributed by atoms with van der Waals surface area (Å²) in [4.78, 5) is 12.8. The third-order valence-corrected chi connectivity index (χ3v) is 4.20. The average Bonchev–Trinajstić information content (AvgIpc) is 3.15. The van der Waals surface area contributed by atoms with E-state index in [0.29, 0.717) is 22.5 Å². The number of hydrogen-bond donors (Lipinski definition) is 1. The molecule has 2 aromatic rings. The second kappa shape index (κ2) is 4.47. The van der Waals surface area contributed by atoms with Gasteiger partial charge in [-0.05, 0) is 19.1 Å². The van der Waals surface area contributed by atoms with Crippen molar-refractivity contribution in [1.29, 1.82) is 5.26 Å². The number of hydrogen-bond acceptors (Lipinski definition) is 4. The van der Waals surface area contributed by atoms with E-state index in [-0.39, 0.29) is 5.78 Å². The molecule has 2 aliphatic rings. The lowest BCUT2D eigenvalue weighted by atomic mass is 9.84. The van der Waals surface area contributed by atoms with Crippen LogP contribution in [0.3, 0.4) is 0 Å². The molecular weight excluding hydrogens is 276 g/mol. The molecule has 0 saturated carbocycles. The van der Waals surface area contributed by atoms with Gasteiger partial charge in [0.25, 0.3) is 0 Å². The number of carbonyl (C=O) groups excluding carboxylic acids is 1. The van der Waals surface area contributed by atoms with Crippen LogP contribution in [-0.2, 0) is 0 Å². The summed E-state index contributed by atoms with van der Waals surface area (Å²) in [6, 6.07) is 13.3. The highest BCUT2D eigenvalue weighted by molar-refractivity contribution is 6.22. The minimum atomic E-state index is -0.448. The highest BCUT2D eigenvalue weighted by atomic mass is 16.3. The first-order chi connectivity index (χ1) is 10.7. The second-order valence-electron chi connectivity index (χ2n) is 5.39. The summed E-state index contributed by atoms with van der Waals surface area (Å²) in [7, 11) is 0. The minimum absolute atomic E-state index is 0.0419. The second-order valence-corrected chi connectivity index (χ2v) is 5.39. The van der Waals surface area contributed by atoms with E-state index in [1.807, 2.05) is 37.3 Å². The highest BCUT2D eigenvalue weighted by Crippen LogP contribution is 2.46. The van der Waals surface area contributed by atoms with Crippen molar-refractivity contribution in [3.63, 3.8) is 0 Å². The van der Waals surface area contributed by atoms with Gasteiger partial charge in [-0.15, -0.1) is 0 Å². The monoisotopic (exact) mass is 288 g/mol. The number of carbonyl (C=O) groups is 1. The number of nitrogens with one attached hydrogen (secondary N) is 1. The Kier molecular flexibility index (Phi) is 2.57. The van der Waals surface area contributed by atoms with Gasteiger partial charge in [0.05, 0.1) is 29.5 Å². The van der Waals surface area contributed by atoms with Gasteiger partial charge in [0.2, 0.25) is 0 Å². The number of furan rings is 1. The number of rotatable bonds is 1. The summed E-state index contributed by atoms with van der Waals surface area (Å²) in [6.45, 7) is 1.85. The van der Waals surface area contributed by atoms with Crippen LogP contribution in [0.1, 0.15) is 34.5 Å². The fourth-order valence-electron chi connectivity index (χ4n) is 3.22. The summed E-state index contributed by atoms with van der Waals surface area (Å²) in [5.41, 5.74) is 4.22. The Balaban J connectivity index is 1.98. The summed E-state index contributed by atoms with van der Waals surface area (Å²) in [6.07, 6.45) is 1.56. The van der Waals surface area contributed by atoms with Gasteiger partial charge in [-0.2, -0.15) is 5.26 Å². The maximum atomic E-state index is 12.8. The third kappa shape index (κ3) is 1.54. The summed E-state index contributed by atoms with van der Waals surface area (Å²) in [5, 5.41) is 12.8. The lowest BCUT2D eigenvalue weighted by Crippen LogP contribution is -2.24. The lowest BCUT2D eigenvalue weighted by molar-refractivity contribution is 0.103. The first kappa shape index (κ1) is 12.7. The van der Waals surface area contributed by atoms with Gasteiger partial charge in [0, 0.05) is 22.4 Å². The molecule has 1 atom stereocenters. The molecule has 1 unspecified atom stereocenters. The van der Waals surface area contributed by atoms with E-state index < -0.39 is 5.92 Å². The molecule has 0 saturated heterocycles. The van der Waals surface area contributed by atoms with Crippen molar-refractivity contribution in [2.24, 2.45) is 0 Å². The third-order valence-electron chi connectivity index (χ3n) is 4.20. The van der Waals surface area contributed by atoms with Gasteiger partial charge in [-0.3, -0.25) is 4.79 Å². The van der Waals surface area contributed by atoms with E-state index in [1.54, 1.807) is 12.3 Å². The van der Waals surface area contributed by atoms with E-state index in [0.717, 1.165) is 17.0 Å². The number of allylic oxidation sites excluding steroid dienone is 3. The van der Waals surface area contributed by atoms with Crippen LogP contribution in [0.2, 0.25) is 0 Å². The van der Waals surface area contributed by atoms with Crippen molar-refractivity contribution in [3.8, 4) is 6.07 Å². The molecule has 0 fully saturated rings. The van der Waals surface area contributed by atoms with Crippen LogP contribution < -0.4 is 5.32 Å². The molecule has 4 heteroatoms. The molecule has 1 aromatic carbocycles. The maximum absolute atomic E-state index is 12.8. The Morgan fingerprint density at radius 1 is 1.18 bits per heavy atom. The number of benzene rings is 1. The predicted molar refractivity (Wildman–Crippen MR) is 80.6 cm³/mol. The zero-order valence-electron chi connectivity index (χ0n) is 11.9. The Morgan fingerprint density at radius 3 is 2.64 bits per heavy atom. The first-order valence-corrected chi connectivity index (χ1v) is 7.02. The molecule has 1 aromatic heterocycles. The van der Waals surface area contributed by atoms with E-state index in [2.05, 4.69) is 11.4 Å². The molecule has 0 amide bonds. The maximum Gasteiger partial charge on any atom is 0.192 e. The van der Waals surface area contributed by atoms with Gasteiger partial charge >= 0.3 is 0 Å². The Hall–Kier alpha value is -3.06. The molecule has 0 spiro atoms. The largest absolute Gasteiger partial charge is 0.468 e. The molecule has 106 valence electrons. The molecule has 2 heterocycles. The quantitative estimate of drug-likeness (QED) is 0.873. The van der Waals surface area contributed by atoms with E-state index in [9.17, 15) is 10.1 Å². The zero-order chi connectivity index (χ0) is 15.3. The van der Waals surface area contributed by atoms with Gasteiger partial charge < -0.3 is 9.73 Å². The van der Waals surface area contributed by atoms with Gasteiger partial charge in [0.15, 0.2) is 5.78 Å². The van der Waals surface area contributed by atoms with Crippen LogP contribution in [0, 0.1) is 11.3 Å². The molecule has 1 aliphatic heterocycles. The number of nitrogens with zero attached hydrogens (tertiary/aromatic N) is 1. The van der Waals surface area contributed by atoms with Crippen molar-refractivity contribution < 1.29 is 9.21 Å². The number of Topliss-reactive ketones (excluding diaryl/α,β-unsaturated/α-hetero) is 1. The van der Waals surface area contributed by atoms with Gasteiger partial charge in [-0.1, -0.05) is 24.3 Å². The van der Waals surface area contributed by atoms with Crippen molar-refractivity contribution in [2.75, 3.05) is 0 Å². The standard InChI is InChI=1S/C18H12N2O2/c1-10-13(9-19)15(14-7-4-8-22-14)16-17(20-10)11-5-2-3-6-12(11)18(16)21/h2-8,15,20H,1H3. The zero-order valence-corrected chi connectivity index (χ0v) is 11.9. The number of nitriles is 1. The summed E-state index contributed by atoms with van der Waals surface area (Å²) in [5.74, 6) is 0.127. The smallest absolute Gasteiger partial charge is 0.192 e. The van der Waals surface area contributed by atoms with E-state index in [1.165, 1.54) is 0 Å². The van der Waals surface area contributed by atoms with E-state index in [4.69, 9.17) is 4.42 Å². The Labute approximate surface area is 127 Å². The van der Waals surface area contributed by atoms with E-state index >= 15 is 0 Å². The average molecular weight is 288 g/mol. The summed E-state index contributed by atoms with van der Waals surface area (Å²) < 4.78 is 5.51. The Bertz CT molecular complexity index is 895. The van der Waals surface area contributed by atoms with Gasteiger partial charge in [0.1, 0.15) is 5.76 Å². The molecule has 0 bridgehead atoms. The van der Waals surface area contributed by atoms with Gasteiger partial charge in [-0.25, -0.2) is 0 Å². The molecule has 22 heavy (non-hydrogen) atoms. The van der Waals surface area contributed by atoms with Crippen molar-refractivity contribution in [1.82, 2.24) is 5.32 Å². The minimum Gasteiger partial charge on any atom is -0.468 e. The predicted octanol–water partition coefficient (Wildman–Crippen LogP) is 3.37. The molecule has 1 aliphatic carbocycles. The number of ketones is 1. The normalized spacial score (nSPS) is 19.6. The first-order valence-electron chi connectivity index (χ1n) is 7.02. The van der Waals surface area contributed by atoms with Crippen molar-refractivity contribution in [3.05, 3.63) is 76.4 Å². The molecule has 4 nitrogen and oxygen atoms in total. The highest BCUT2D eigenvalue weighted by Gasteiger charge is 2.41. The van der Waals surface area contributed by atoms with Crippen molar-refractivity contribution in [2.45, 2.75) is 12.8 Å². The lowest BCUT2D eigenvalue weighted by Gasteiger charge is -2.25. The molecular formula is C18H12N2O2. The van der Waals surface area contributed by atoms with Crippen LogP contribution in [0.4, 0.5) is 0 Å². The van der Waals surface area contributed by atoms with Crippen LogP contribution in [-0.4, -0.2) is 5.78 Å². The SMILES string of the molecule is CC1=C(C#N)C(c2ccco2)C2=C(N1)c1ccccc1C2=O. The molecule has 1 N–H and O–H groups in total.